The van der Waals surface area contributed by atoms with Gasteiger partial charge in [-0.25, -0.2) is 4.79 Å². The molecular formula is C22H20N2O5S. The number of benzene rings is 2. The van der Waals surface area contributed by atoms with Gasteiger partial charge in [0.05, 0.1) is 17.6 Å². The number of aryl methyl sites for hydroxylation is 2. The fourth-order valence-corrected chi connectivity index (χ4v) is 3.62. The van der Waals surface area contributed by atoms with Crippen LogP contribution in [0.5, 0.6) is 0 Å². The van der Waals surface area contributed by atoms with Crippen LogP contribution >= 0.6 is 11.8 Å². The molecule has 8 heteroatoms. The lowest BCUT2D eigenvalue weighted by Crippen LogP contribution is -2.36. The molecule has 3 amide bonds. The molecule has 0 unspecified atom stereocenters. The Bertz CT molecular complexity index is 1060. The number of nitrogens with one attached hydrogen (secondary N) is 1. The Kier molecular flexibility index (Phi) is 6.37. The van der Waals surface area contributed by atoms with E-state index in [4.69, 9.17) is 0 Å². The third-order valence-corrected chi connectivity index (χ3v) is 5.50. The summed E-state index contributed by atoms with van der Waals surface area (Å²) in [6, 6.07) is 11.9. The van der Waals surface area contributed by atoms with E-state index in [1.165, 1.54) is 7.11 Å². The van der Waals surface area contributed by atoms with Gasteiger partial charge in [-0.15, -0.1) is 0 Å². The lowest BCUT2D eigenvalue weighted by molar-refractivity contribution is -0.127. The van der Waals surface area contributed by atoms with Gasteiger partial charge in [0.25, 0.3) is 11.1 Å². The highest BCUT2D eigenvalue weighted by molar-refractivity contribution is 8.18. The number of methoxy groups -OCH3 is 1. The van der Waals surface area contributed by atoms with E-state index in [9.17, 15) is 19.2 Å². The molecule has 3 rings (SSSR count). The first kappa shape index (κ1) is 21.3. The molecule has 0 aliphatic carbocycles. The van der Waals surface area contributed by atoms with Gasteiger partial charge in [0.1, 0.15) is 6.54 Å². The Morgan fingerprint density at radius 3 is 2.40 bits per heavy atom. The Morgan fingerprint density at radius 2 is 1.77 bits per heavy atom. The highest BCUT2D eigenvalue weighted by Gasteiger charge is 2.36. The number of ether oxygens (including phenoxy) is 1. The van der Waals surface area contributed by atoms with E-state index in [1.807, 2.05) is 26.0 Å². The van der Waals surface area contributed by atoms with Crippen molar-refractivity contribution in [3.8, 4) is 0 Å². The zero-order valence-corrected chi connectivity index (χ0v) is 17.5. The number of hydrogen-bond acceptors (Lipinski definition) is 6. The number of thioether (sulfide) groups is 1. The molecule has 30 heavy (non-hydrogen) atoms. The minimum atomic E-state index is -0.530. The molecule has 2 aromatic carbocycles. The standard InChI is InChI=1S/C22H20N2O5S/c1-13-4-9-17(10-14(13)2)23-19(25)12-24-20(26)18(30-22(24)28)11-15-5-7-16(8-6-15)21(27)29-3/h4-11H,12H2,1-3H3,(H,23,25). The van der Waals surface area contributed by atoms with Crippen molar-refractivity contribution in [2.24, 2.45) is 0 Å². The number of carbonyl (C=O) groups is 4. The third-order valence-electron chi connectivity index (χ3n) is 4.60. The molecule has 0 bridgehead atoms. The van der Waals surface area contributed by atoms with Crippen molar-refractivity contribution < 1.29 is 23.9 Å². The number of carbonyl (C=O) groups excluding carboxylic acids is 4. The van der Waals surface area contributed by atoms with Crippen molar-refractivity contribution in [3.05, 3.63) is 69.6 Å². The SMILES string of the molecule is COC(=O)c1ccc(C=C2SC(=O)N(CC(=O)Nc3ccc(C)c(C)c3)C2=O)cc1. The lowest BCUT2D eigenvalue weighted by Gasteiger charge is -2.13. The van der Waals surface area contributed by atoms with Gasteiger partial charge in [-0.1, -0.05) is 18.2 Å². The summed E-state index contributed by atoms with van der Waals surface area (Å²) < 4.78 is 4.64. The van der Waals surface area contributed by atoms with Crippen molar-refractivity contribution in [1.29, 1.82) is 0 Å². The summed E-state index contributed by atoms with van der Waals surface area (Å²) in [7, 11) is 1.29. The number of imide groups is 1. The van der Waals surface area contributed by atoms with Crippen LogP contribution in [-0.2, 0) is 14.3 Å². The summed E-state index contributed by atoms with van der Waals surface area (Å²) >= 11 is 0.771. The fourth-order valence-electron chi connectivity index (χ4n) is 2.78. The summed E-state index contributed by atoms with van der Waals surface area (Å²) in [6.07, 6.45) is 1.55. The van der Waals surface area contributed by atoms with Crippen molar-refractivity contribution in [1.82, 2.24) is 4.90 Å². The summed E-state index contributed by atoms with van der Waals surface area (Å²) in [6.45, 7) is 3.54. The molecule has 1 aliphatic rings. The van der Waals surface area contributed by atoms with E-state index >= 15 is 0 Å². The molecule has 1 fully saturated rings. The predicted molar refractivity (Wildman–Crippen MR) is 115 cm³/mol. The highest BCUT2D eigenvalue weighted by Crippen LogP contribution is 2.32. The van der Waals surface area contributed by atoms with E-state index in [0.29, 0.717) is 16.8 Å². The molecule has 0 spiro atoms. The molecule has 154 valence electrons. The zero-order valence-electron chi connectivity index (χ0n) is 16.7. The summed E-state index contributed by atoms with van der Waals surface area (Å²) in [5.74, 6) is -1.45. The topological polar surface area (TPSA) is 92.8 Å². The van der Waals surface area contributed by atoms with Crippen LogP contribution in [0.15, 0.2) is 47.4 Å². The Balaban J connectivity index is 1.68. The van der Waals surface area contributed by atoms with Crippen LogP contribution in [-0.4, -0.2) is 41.6 Å². The first-order valence-corrected chi connectivity index (χ1v) is 9.91. The van der Waals surface area contributed by atoms with Gasteiger partial charge in [0, 0.05) is 5.69 Å². The summed E-state index contributed by atoms with van der Waals surface area (Å²) in [5.41, 5.74) is 3.76. The molecular weight excluding hydrogens is 404 g/mol. The average molecular weight is 424 g/mol. The maximum Gasteiger partial charge on any atom is 0.337 e. The molecule has 0 aromatic heterocycles. The molecule has 1 N–H and O–H groups in total. The fraction of sp³-hybridized carbons (Fsp3) is 0.182. The number of nitrogens with zero attached hydrogens (tertiary/aromatic N) is 1. The number of hydrogen-bond donors (Lipinski definition) is 1. The van der Waals surface area contributed by atoms with Crippen molar-refractivity contribution in [3.63, 3.8) is 0 Å². The Hall–Kier alpha value is -3.39. The van der Waals surface area contributed by atoms with Crippen LogP contribution < -0.4 is 5.32 Å². The largest absolute Gasteiger partial charge is 0.465 e. The molecule has 1 heterocycles. The molecule has 1 saturated heterocycles. The maximum atomic E-state index is 12.6. The van der Waals surface area contributed by atoms with Crippen LogP contribution in [0, 0.1) is 13.8 Å². The van der Waals surface area contributed by atoms with Gasteiger partial charge in [-0.2, -0.15) is 0 Å². The monoisotopic (exact) mass is 424 g/mol. The highest BCUT2D eigenvalue weighted by atomic mass is 32.2. The second kappa shape index (κ2) is 8.96. The minimum absolute atomic E-state index is 0.213. The summed E-state index contributed by atoms with van der Waals surface area (Å²) in [4.78, 5) is 49.8. The van der Waals surface area contributed by atoms with Crippen molar-refractivity contribution in [2.45, 2.75) is 13.8 Å². The van der Waals surface area contributed by atoms with Crippen molar-refractivity contribution >= 4 is 46.5 Å². The van der Waals surface area contributed by atoms with Crippen LogP contribution in [0.3, 0.4) is 0 Å². The number of amides is 3. The quantitative estimate of drug-likeness (QED) is 0.580. The Morgan fingerprint density at radius 1 is 1.07 bits per heavy atom. The number of rotatable bonds is 5. The van der Waals surface area contributed by atoms with E-state index in [1.54, 1.807) is 36.4 Å². The van der Waals surface area contributed by atoms with E-state index in [2.05, 4.69) is 10.1 Å². The normalized spacial score (nSPS) is 14.9. The van der Waals surface area contributed by atoms with Crippen LogP contribution in [0.1, 0.15) is 27.0 Å². The zero-order chi connectivity index (χ0) is 21.8. The second-order valence-electron chi connectivity index (χ2n) is 6.73. The average Bonchev–Trinajstić information content (AvgIpc) is 2.98. The van der Waals surface area contributed by atoms with Crippen LogP contribution in [0.25, 0.3) is 6.08 Å². The minimum Gasteiger partial charge on any atom is -0.465 e. The molecule has 2 aromatic rings. The van der Waals surface area contributed by atoms with Crippen molar-refractivity contribution in [2.75, 3.05) is 19.0 Å². The maximum absolute atomic E-state index is 12.6. The van der Waals surface area contributed by atoms with E-state index in [0.717, 1.165) is 27.8 Å². The van der Waals surface area contributed by atoms with Gasteiger partial charge in [0.2, 0.25) is 5.91 Å². The molecule has 0 radical (unpaired) electrons. The predicted octanol–water partition coefficient (Wildman–Crippen LogP) is 3.77. The van der Waals surface area contributed by atoms with E-state index in [-0.39, 0.29) is 11.4 Å². The molecule has 0 atom stereocenters. The van der Waals surface area contributed by atoms with Gasteiger partial charge in [0.15, 0.2) is 0 Å². The third kappa shape index (κ3) is 4.77. The van der Waals surface area contributed by atoms with Crippen LogP contribution in [0.2, 0.25) is 0 Å². The van der Waals surface area contributed by atoms with Gasteiger partial charge < -0.3 is 10.1 Å². The van der Waals surface area contributed by atoms with E-state index < -0.39 is 23.0 Å². The molecule has 1 aliphatic heterocycles. The number of anilines is 1. The summed E-state index contributed by atoms with van der Waals surface area (Å²) in [5, 5.41) is 2.20. The second-order valence-corrected chi connectivity index (χ2v) is 7.72. The molecule has 7 nitrogen and oxygen atoms in total. The van der Waals surface area contributed by atoms with Gasteiger partial charge in [-0.05, 0) is 72.6 Å². The number of esters is 1. The lowest BCUT2D eigenvalue weighted by atomic mass is 10.1. The molecule has 0 saturated carbocycles. The smallest absolute Gasteiger partial charge is 0.337 e. The van der Waals surface area contributed by atoms with Crippen LogP contribution in [0.4, 0.5) is 10.5 Å². The van der Waals surface area contributed by atoms with Gasteiger partial charge in [-0.3, -0.25) is 19.3 Å². The Labute approximate surface area is 178 Å². The first-order valence-electron chi connectivity index (χ1n) is 9.09. The van der Waals surface area contributed by atoms with Gasteiger partial charge >= 0.3 is 5.97 Å². The first-order chi connectivity index (χ1) is 14.3.